The minimum Gasteiger partial charge on any atom is -0.481 e. The van der Waals surface area contributed by atoms with Gasteiger partial charge in [-0.2, -0.15) is 4.98 Å². The van der Waals surface area contributed by atoms with Gasteiger partial charge in [0, 0.05) is 18.2 Å². The standard InChI is InChI=1S/C14H21N3O/c1-18-12-6-5-11-13(16-12)17-14(9-10-15-11)7-3-2-4-8-14/h5-6,15H,2-4,7-10H2,1H3,(H,16,17). The molecule has 0 radical (unpaired) electrons. The van der Waals surface area contributed by atoms with Crippen molar-refractivity contribution in [1.29, 1.82) is 0 Å². The van der Waals surface area contributed by atoms with Gasteiger partial charge >= 0.3 is 0 Å². The number of nitrogens with one attached hydrogen (secondary N) is 2. The Morgan fingerprint density at radius 2 is 2.00 bits per heavy atom. The van der Waals surface area contributed by atoms with E-state index in [9.17, 15) is 0 Å². The first-order valence-corrected chi connectivity index (χ1v) is 6.88. The molecule has 1 aliphatic heterocycles. The van der Waals surface area contributed by atoms with E-state index in [1.54, 1.807) is 7.11 Å². The van der Waals surface area contributed by atoms with E-state index >= 15 is 0 Å². The van der Waals surface area contributed by atoms with Gasteiger partial charge in [0.25, 0.3) is 0 Å². The van der Waals surface area contributed by atoms with Crippen LogP contribution in [0.1, 0.15) is 38.5 Å². The maximum Gasteiger partial charge on any atom is 0.215 e. The van der Waals surface area contributed by atoms with E-state index < -0.39 is 0 Å². The fourth-order valence-corrected chi connectivity index (χ4v) is 3.15. The molecule has 1 saturated carbocycles. The highest BCUT2D eigenvalue weighted by atomic mass is 16.5. The van der Waals surface area contributed by atoms with Crippen LogP contribution in [0.3, 0.4) is 0 Å². The topological polar surface area (TPSA) is 46.2 Å². The summed E-state index contributed by atoms with van der Waals surface area (Å²) in [5.41, 5.74) is 1.34. The number of rotatable bonds is 1. The SMILES string of the molecule is COc1ccc2c(n1)NC1(CCCCC1)CCN2. The van der Waals surface area contributed by atoms with Gasteiger partial charge in [-0.05, 0) is 25.3 Å². The third-order valence-electron chi connectivity index (χ3n) is 4.19. The monoisotopic (exact) mass is 247 g/mol. The first kappa shape index (κ1) is 11.6. The predicted molar refractivity (Wildman–Crippen MR) is 73.3 cm³/mol. The van der Waals surface area contributed by atoms with Gasteiger partial charge in [-0.3, -0.25) is 0 Å². The molecule has 2 heterocycles. The lowest BCUT2D eigenvalue weighted by Crippen LogP contribution is -2.40. The van der Waals surface area contributed by atoms with Crippen LogP contribution >= 0.6 is 0 Å². The Labute approximate surface area is 108 Å². The number of hydrogen-bond donors (Lipinski definition) is 2. The van der Waals surface area contributed by atoms with Crippen LogP contribution in [0.25, 0.3) is 0 Å². The smallest absolute Gasteiger partial charge is 0.215 e. The number of aromatic nitrogens is 1. The van der Waals surface area contributed by atoms with Crippen LogP contribution in [0.5, 0.6) is 5.88 Å². The molecular weight excluding hydrogens is 226 g/mol. The summed E-state index contributed by atoms with van der Waals surface area (Å²) in [6, 6.07) is 3.96. The molecule has 2 N–H and O–H groups in total. The van der Waals surface area contributed by atoms with Crippen LogP contribution in [0.15, 0.2) is 12.1 Å². The summed E-state index contributed by atoms with van der Waals surface area (Å²) >= 11 is 0. The number of methoxy groups -OCH3 is 1. The lowest BCUT2D eigenvalue weighted by molar-refractivity contribution is 0.312. The summed E-state index contributed by atoms with van der Waals surface area (Å²) < 4.78 is 5.22. The first-order chi connectivity index (χ1) is 8.81. The molecule has 0 amide bonds. The van der Waals surface area contributed by atoms with Crippen molar-refractivity contribution in [2.75, 3.05) is 24.3 Å². The maximum absolute atomic E-state index is 5.22. The van der Waals surface area contributed by atoms with Crippen LogP contribution in [-0.4, -0.2) is 24.2 Å². The fourth-order valence-electron chi connectivity index (χ4n) is 3.15. The zero-order valence-corrected chi connectivity index (χ0v) is 11.0. The largest absolute Gasteiger partial charge is 0.481 e. The highest BCUT2D eigenvalue weighted by molar-refractivity contribution is 5.67. The number of hydrogen-bond acceptors (Lipinski definition) is 4. The lowest BCUT2D eigenvalue weighted by Gasteiger charge is -2.37. The van der Waals surface area contributed by atoms with Gasteiger partial charge in [0.1, 0.15) is 0 Å². The van der Waals surface area contributed by atoms with Crippen molar-refractivity contribution in [2.24, 2.45) is 0 Å². The summed E-state index contributed by atoms with van der Waals surface area (Å²) in [5.74, 6) is 1.63. The quantitative estimate of drug-likeness (QED) is 0.800. The van der Waals surface area contributed by atoms with E-state index in [4.69, 9.17) is 4.74 Å². The maximum atomic E-state index is 5.22. The van der Waals surface area contributed by atoms with E-state index in [0.717, 1.165) is 18.1 Å². The van der Waals surface area contributed by atoms with Crippen LogP contribution in [0, 0.1) is 0 Å². The van der Waals surface area contributed by atoms with Crippen molar-refractivity contribution in [3.05, 3.63) is 12.1 Å². The summed E-state index contributed by atoms with van der Waals surface area (Å²) in [5, 5.41) is 7.16. The zero-order chi connectivity index (χ0) is 12.4. The first-order valence-electron chi connectivity index (χ1n) is 6.88. The van der Waals surface area contributed by atoms with Gasteiger partial charge in [0.15, 0.2) is 5.82 Å². The van der Waals surface area contributed by atoms with Crippen molar-refractivity contribution < 1.29 is 4.74 Å². The summed E-state index contributed by atoms with van der Waals surface area (Å²) in [6.07, 6.45) is 7.71. The van der Waals surface area contributed by atoms with Crippen molar-refractivity contribution in [3.63, 3.8) is 0 Å². The van der Waals surface area contributed by atoms with Gasteiger partial charge in [0.2, 0.25) is 5.88 Å². The Balaban J connectivity index is 1.90. The normalized spacial score (nSPS) is 21.4. The minimum atomic E-state index is 0.246. The molecule has 1 aromatic heterocycles. The van der Waals surface area contributed by atoms with Gasteiger partial charge in [-0.25, -0.2) is 0 Å². The van der Waals surface area contributed by atoms with E-state index in [0.29, 0.717) is 5.88 Å². The number of nitrogens with zero attached hydrogens (tertiary/aromatic N) is 1. The zero-order valence-electron chi connectivity index (χ0n) is 11.0. The van der Waals surface area contributed by atoms with Crippen molar-refractivity contribution in [2.45, 2.75) is 44.1 Å². The molecule has 98 valence electrons. The predicted octanol–water partition coefficient (Wildman–Crippen LogP) is 3.02. The molecule has 1 aliphatic carbocycles. The second-order valence-corrected chi connectivity index (χ2v) is 5.39. The Hall–Kier alpha value is -1.45. The minimum absolute atomic E-state index is 0.246. The molecular formula is C14H21N3O. The van der Waals surface area contributed by atoms with E-state index in [1.165, 1.54) is 38.5 Å². The number of pyridine rings is 1. The Kier molecular flexibility index (Phi) is 3.02. The molecule has 0 aromatic carbocycles. The lowest BCUT2D eigenvalue weighted by atomic mass is 9.79. The molecule has 0 bridgehead atoms. The number of ether oxygens (including phenoxy) is 1. The van der Waals surface area contributed by atoms with Crippen LogP contribution in [0.4, 0.5) is 11.5 Å². The molecule has 0 atom stereocenters. The van der Waals surface area contributed by atoms with Gasteiger partial charge in [-0.1, -0.05) is 19.3 Å². The molecule has 4 heteroatoms. The molecule has 1 spiro atoms. The average molecular weight is 247 g/mol. The van der Waals surface area contributed by atoms with Crippen LogP contribution < -0.4 is 15.4 Å². The third kappa shape index (κ3) is 2.11. The van der Waals surface area contributed by atoms with E-state index in [1.807, 2.05) is 6.07 Å². The Morgan fingerprint density at radius 3 is 2.78 bits per heavy atom. The number of fused-ring (bicyclic) bond motifs is 1. The van der Waals surface area contributed by atoms with Gasteiger partial charge in [-0.15, -0.1) is 0 Å². The average Bonchev–Trinajstić information content (AvgIpc) is 2.57. The fraction of sp³-hybridized carbons (Fsp3) is 0.643. The van der Waals surface area contributed by atoms with Crippen molar-refractivity contribution in [1.82, 2.24) is 4.98 Å². The molecule has 0 saturated heterocycles. The summed E-state index contributed by atoms with van der Waals surface area (Å²) in [4.78, 5) is 4.55. The van der Waals surface area contributed by atoms with E-state index in [-0.39, 0.29) is 5.54 Å². The Morgan fingerprint density at radius 1 is 1.17 bits per heavy atom. The van der Waals surface area contributed by atoms with Crippen molar-refractivity contribution >= 4 is 11.5 Å². The molecule has 4 nitrogen and oxygen atoms in total. The van der Waals surface area contributed by atoms with E-state index in [2.05, 4.69) is 21.7 Å². The summed E-state index contributed by atoms with van der Waals surface area (Å²) in [6.45, 7) is 1.02. The van der Waals surface area contributed by atoms with Crippen LogP contribution in [-0.2, 0) is 0 Å². The molecule has 0 unspecified atom stereocenters. The van der Waals surface area contributed by atoms with Gasteiger partial charge < -0.3 is 15.4 Å². The molecule has 1 fully saturated rings. The Bertz CT molecular complexity index is 427. The third-order valence-corrected chi connectivity index (χ3v) is 4.19. The van der Waals surface area contributed by atoms with Crippen LogP contribution in [0.2, 0.25) is 0 Å². The highest BCUT2D eigenvalue weighted by Gasteiger charge is 2.34. The number of anilines is 2. The second-order valence-electron chi connectivity index (χ2n) is 5.39. The molecule has 1 aromatic rings. The second kappa shape index (κ2) is 4.67. The highest BCUT2D eigenvalue weighted by Crippen LogP contribution is 2.38. The summed E-state index contributed by atoms with van der Waals surface area (Å²) in [7, 11) is 1.66. The molecule has 2 aliphatic rings. The van der Waals surface area contributed by atoms with Crippen molar-refractivity contribution in [3.8, 4) is 5.88 Å². The molecule has 18 heavy (non-hydrogen) atoms. The molecule has 3 rings (SSSR count). The van der Waals surface area contributed by atoms with Gasteiger partial charge in [0.05, 0.1) is 12.8 Å².